The van der Waals surface area contributed by atoms with Gasteiger partial charge in [-0.2, -0.15) is 0 Å². The Morgan fingerprint density at radius 3 is 2.68 bits per heavy atom. The fraction of sp³-hybridized carbons (Fsp3) is 0.364. The number of carboxylic acid groups (broad SMARTS) is 1. The summed E-state index contributed by atoms with van der Waals surface area (Å²) in [7, 11) is 1.39. The van der Waals surface area contributed by atoms with Gasteiger partial charge in [-0.05, 0) is 6.07 Å². The van der Waals surface area contributed by atoms with Crippen molar-refractivity contribution in [1.82, 2.24) is 0 Å². The third-order valence-electron chi connectivity index (χ3n) is 2.21. The quantitative estimate of drug-likeness (QED) is 0.552. The maximum atomic E-state index is 11.0. The molecule has 1 atom stereocenters. The Morgan fingerprint density at radius 1 is 1.47 bits per heavy atom. The van der Waals surface area contributed by atoms with E-state index >= 15 is 0 Å². The van der Waals surface area contributed by atoms with Crippen molar-refractivity contribution in [3.8, 4) is 5.75 Å². The third kappa shape index (κ3) is 3.90. The summed E-state index contributed by atoms with van der Waals surface area (Å²) in [4.78, 5) is 21.0. The van der Waals surface area contributed by atoms with Gasteiger partial charge in [-0.1, -0.05) is 6.07 Å². The van der Waals surface area contributed by atoms with Gasteiger partial charge in [0.25, 0.3) is 5.69 Å². The average molecular weight is 271 g/mol. The monoisotopic (exact) mass is 271 g/mol. The lowest BCUT2D eigenvalue weighted by Crippen LogP contribution is -2.23. The van der Waals surface area contributed by atoms with Crippen LogP contribution >= 0.6 is 0 Å². The van der Waals surface area contributed by atoms with Crippen molar-refractivity contribution in [3.05, 3.63) is 33.9 Å². The third-order valence-corrected chi connectivity index (χ3v) is 2.21. The van der Waals surface area contributed by atoms with E-state index in [4.69, 9.17) is 9.84 Å². The molecule has 0 aliphatic carbocycles. The number of hydrogen-bond acceptors (Lipinski definition) is 6. The van der Waals surface area contributed by atoms with Gasteiger partial charge >= 0.3 is 5.97 Å². The van der Waals surface area contributed by atoms with Gasteiger partial charge in [0.05, 0.1) is 11.5 Å². The fourth-order valence-corrected chi connectivity index (χ4v) is 1.43. The molecular formula is C11H13NO7. The minimum Gasteiger partial charge on any atom is -0.490 e. The first-order chi connectivity index (χ1) is 8.97. The van der Waals surface area contributed by atoms with Gasteiger partial charge in [-0.25, -0.2) is 4.79 Å². The standard InChI is InChI=1S/C11H13NO7/c1-18-5-7(13)6-19-9-4-2-3-8(12(16)17)10(9)11(14)15/h2-4,7,13H,5-6H2,1H3,(H,14,15). The number of carboxylic acids is 1. The highest BCUT2D eigenvalue weighted by atomic mass is 16.6. The van der Waals surface area contributed by atoms with Gasteiger partial charge in [0.2, 0.25) is 0 Å². The maximum absolute atomic E-state index is 11.0. The van der Waals surface area contributed by atoms with Crippen molar-refractivity contribution < 1.29 is 29.4 Å². The topological polar surface area (TPSA) is 119 Å². The van der Waals surface area contributed by atoms with Crippen molar-refractivity contribution in [3.63, 3.8) is 0 Å². The van der Waals surface area contributed by atoms with E-state index in [2.05, 4.69) is 4.74 Å². The molecule has 0 spiro atoms. The van der Waals surface area contributed by atoms with Crippen LogP contribution < -0.4 is 4.74 Å². The number of aliphatic hydroxyl groups is 1. The summed E-state index contributed by atoms with van der Waals surface area (Å²) in [5.41, 5.74) is -1.11. The number of aromatic carboxylic acids is 1. The van der Waals surface area contributed by atoms with Gasteiger partial charge in [-0.15, -0.1) is 0 Å². The minimum absolute atomic E-state index is 0.0112. The second kappa shape index (κ2) is 6.66. The van der Waals surface area contributed by atoms with Crippen LogP contribution in [0.3, 0.4) is 0 Å². The highest BCUT2D eigenvalue weighted by Crippen LogP contribution is 2.28. The van der Waals surface area contributed by atoms with E-state index < -0.39 is 28.2 Å². The van der Waals surface area contributed by atoms with Gasteiger partial charge in [-0.3, -0.25) is 10.1 Å². The average Bonchev–Trinajstić information content (AvgIpc) is 2.35. The molecule has 2 N–H and O–H groups in total. The van der Waals surface area contributed by atoms with Gasteiger partial charge in [0.15, 0.2) is 5.56 Å². The molecule has 0 radical (unpaired) electrons. The maximum Gasteiger partial charge on any atom is 0.346 e. The molecule has 0 bridgehead atoms. The van der Waals surface area contributed by atoms with Crippen LogP contribution in [0.1, 0.15) is 10.4 Å². The van der Waals surface area contributed by atoms with Crippen LogP contribution in [-0.2, 0) is 4.74 Å². The molecule has 104 valence electrons. The Hall–Kier alpha value is -2.19. The summed E-state index contributed by atoms with van der Waals surface area (Å²) in [5.74, 6) is -1.64. The Bertz CT molecular complexity index is 474. The lowest BCUT2D eigenvalue weighted by molar-refractivity contribution is -0.385. The molecule has 0 amide bonds. The zero-order valence-electron chi connectivity index (χ0n) is 10.1. The Labute approximate surface area is 108 Å². The molecule has 0 saturated heterocycles. The number of aliphatic hydroxyl groups excluding tert-OH is 1. The molecule has 0 aliphatic rings. The molecule has 0 heterocycles. The molecule has 0 aliphatic heterocycles. The summed E-state index contributed by atoms with van der Waals surface area (Å²) >= 11 is 0. The van der Waals surface area contributed by atoms with E-state index in [1.54, 1.807) is 0 Å². The van der Waals surface area contributed by atoms with Crippen molar-refractivity contribution in [1.29, 1.82) is 0 Å². The first-order valence-corrected chi connectivity index (χ1v) is 5.27. The zero-order chi connectivity index (χ0) is 14.4. The van der Waals surface area contributed by atoms with E-state index in [0.717, 1.165) is 6.07 Å². The number of ether oxygens (including phenoxy) is 2. The highest BCUT2D eigenvalue weighted by Gasteiger charge is 2.25. The van der Waals surface area contributed by atoms with Crippen LogP contribution in [0.5, 0.6) is 5.75 Å². The molecule has 19 heavy (non-hydrogen) atoms. The lowest BCUT2D eigenvalue weighted by Gasteiger charge is -2.12. The summed E-state index contributed by atoms with van der Waals surface area (Å²) in [6.45, 7) is -0.216. The number of nitro groups is 1. The molecule has 1 unspecified atom stereocenters. The molecule has 1 aromatic rings. The van der Waals surface area contributed by atoms with Crippen LogP contribution in [0, 0.1) is 10.1 Å². The molecule has 1 rings (SSSR count). The smallest absolute Gasteiger partial charge is 0.346 e. The van der Waals surface area contributed by atoms with Crippen LogP contribution in [0.4, 0.5) is 5.69 Å². The zero-order valence-corrected chi connectivity index (χ0v) is 10.1. The summed E-state index contributed by atoms with van der Waals surface area (Å²) in [5, 5.41) is 29.1. The molecule has 0 aromatic heterocycles. The number of rotatable bonds is 7. The van der Waals surface area contributed by atoms with Gasteiger partial charge < -0.3 is 19.7 Å². The van der Waals surface area contributed by atoms with Crippen LogP contribution in [0.25, 0.3) is 0 Å². The lowest BCUT2D eigenvalue weighted by atomic mass is 10.1. The summed E-state index contributed by atoms with van der Waals surface area (Å²) < 4.78 is 9.77. The normalized spacial score (nSPS) is 11.9. The molecule has 1 aromatic carbocycles. The molecule has 8 nitrogen and oxygen atoms in total. The van der Waals surface area contributed by atoms with Gasteiger partial charge in [0, 0.05) is 13.2 Å². The predicted molar refractivity (Wildman–Crippen MR) is 63.4 cm³/mol. The number of nitrogens with zero attached hydrogens (tertiary/aromatic N) is 1. The Morgan fingerprint density at radius 2 is 2.16 bits per heavy atom. The van der Waals surface area contributed by atoms with Gasteiger partial charge in [0.1, 0.15) is 18.5 Å². The number of hydrogen-bond donors (Lipinski definition) is 2. The number of nitro benzene ring substituents is 1. The number of methoxy groups -OCH3 is 1. The van der Waals surface area contributed by atoms with E-state index in [-0.39, 0.29) is 19.0 Å². The first-order valence-electron chi connectivity index (χ1n) is 5.27. The summed E-state index contributed by atoms with van der Waals surface area (Å²) in [6, 6.07) is 3.67. The van der Waals surface area contributed by atoms with Crippen LogP contribution in [-0.4, -0.2) is 47.5 Å². The van der Waals surface area contributed by atoms with Crippen molar-refractivity contribution >= 4 is 11.7 Å². The second-order valence-electron chi connectivity index (χ2n) is 3.63. The van der Waals surface area contributed by atoms with Crippen molar-refractivity contribution in [2.24, 2.45) is 0 Å². The van der Waals surface area contributed by atoms with Crippen molar-refractivity contribution in [2.75, 3.05) is 20.3 Å². The highest BCUT2D eigenvalue weighted by molar-refractivity contribution is 5.95. The van der Waals surface area contributed by atoms with E-state index in [1.165, 1.54) is 19.2 Å². The van der Waals surface area contributed by atoms with Crippen molar-refractivity contribution in [2.45, 2.75) is 6.10 Å². The van der Waals surface area contributed by atoms with Crippen LogP contribution in [0.2, 0.25) is 0 Å². The Kier molecular flexibility index (Phi) is 5.22. The minimum atomic E-state index is -1.47. The largest absolute Gasteiger partial charge is 0.490 e. The summed E-state index contributed by atoms with van der Waals surface area (Å²) in [6.07, 6.45) is -0.953. The number of benzene rings is 1. The van der Waals surface area contributed by atoms with Crippen LogP contribution in [0.15, 0.2) is 18.2 Å². The molecule has 8 heteroatoms. The van der Waals surface area contributed by atoms with E-state index in [1.807, 2.05) is 0 Å². The first kappa shape index (κ1) is 14.9. The second-order valence-corrected chi connectivity index (χ2v) is 3.63. The fourth-order valence-electron chi connectivity index (χ4n) is 1.43. The Balaban J connectivity index is 2.97. The molecular weight excluding hydrogens is 258 g/mol. The molecule has 0 fully saturated rings. The SMILES string of the molecule is COCC(O)COc1cccc([N+](=O)[O-])c1C(=O)O. The van der Waals surface area contributed by atoms with E-state index in [9.17, 15) is 20.0 Å². The van der Waals surface area contributed by atoms with E-state index in [0.29, 0.717) is 0 Å². The number of carbonyl (C=O) groups is 1. The molecule has 0 saturated carbocycles. The predicted octanol–water partition coefficient (Wildman–Crippen LogP) is 0.679.